The van der Waals surface area contributed by atoms with E-state index >= 15 is 0 Å². The van der Waals surface area contributed by atoms with E-state index < -0.39 is 0 Å². The number of carbonyl (C=O) groups is 1. The zero-order valence-electron chi connectivity index (χ0n) is 7.95. The van der Waals surface area contributed by atoms with Crippen molar-refractivity contribution in [2.24, 2.45) is 0 Å². The summed E-state index contributed by atoms with van der Waals surface area (Å²) in [5, 5.41) is 3.24. The van der Waals surface area contributed by atoms with Gasteiger partial charge in [-0.3, -0.25) is 4.79 Å². The molecule has 76 valence electrons. The van der Waals surface area contributed by atoms with E-state index in [0.29, 0.717) is 0 Å². The maximum atomic E-state index is 11.9. The fraction of sp³-hybridized carbons (Fsp3) is 0.556. The first-order valence-electron chi connectivity index (χ1n) is 4.56. The molecule has 5 heteroatoms. The lowest BCUT2D eigenvalue weighted by Gasteiger charge is -2.20. The fourth-order valence-corrected chi connectivity index (χ4v) is 3.07. The van der Waals surface area contributed by atoms with Crippen LogP contribution in [0, 0.1) is 6.92 Å². The predicted octanol–water partition coefficient (Wildman–Crippen LogP) is 1.34. The van der Waals surface area contributed by atoms with Crippen LogP contribution in [0.2, 0.25) is 0 Å². The van der Waals surface area contributed by atoms with Gasteiger partial charge in [0.1, 0.15) is 0 Å². The van der Waals surface area contributed by atoms with Crippen molar-refractivity contribution < 1.29 is 4.79 Å². The molecule has 0 aromatic carbocycles. The van der Waals surface area contributed by atoms with Crippen LogP contribution in [0.3, 0.4) is 0 Å². The largest absolute Gasteiger partial charge is 0.306 e. The highest BCUT2D eigenvalue weighted by Gasteiger charge is 2.23. The summed E-state index contributed by atoms with van der Waals surface area (Å²) in [6.07, 6.45) is 0. The number of carbonyl (C=O) groups excluding carboxylic acids is 1. The number of aromatic nitrogens is 1. The number of hydrogen-bond acceptors (Lipinski definition) is 5. The van der Waals surface area contributed by atoms with E-state index in [1.165, 1.54) is 11.5 Å². The van der Waals surface area contributed by atoms with Crippen LogP contribution < -0.4 is 5.32 Å². The van der Waals surface area contributed by atoms with Crippen molar-refractivity contribution in [3.8, 4) is 0 Å². The highest BCUT2D eigenvalue weighted by molar-refractivity contribution is 7.99. The lowest BCUT2D eigenvalue weighted by molar-refractivity contribution is 0.0957. The maximum Gasteiger partial charge on any atom is 0.192 e. The second-order valence-corrected chi connectivity index (χ2v) is 5.23. The molecule has 0 aliphatic carbocycles. The fourth-order valence-electron chi connectivity index (χ4n) is 1.39. The van der Waals surface area contributed by atoms with Gasteiger partial charge in [0.05, 0.1) is 16.6 Å². The number of rotatable bonds is 2. The molecule has 1 fully saturated rings. The monoisotopic (exact) mass is 228 g/mol. The SMILES string of the molecule is Cc1cc(C(=O)C2CSCCN2)sn1. The summed E-state index contributed by atoms with van der Waals surface area (Å²) in [4.78, 5) is 12.7. The Morgan fingerprint density at radius 1 is 1.71 bits per heavy atom. The van der Waals surface area contributed by atoms with E-state index in [1.807, 2.05) is 24.8 Å². The van der Waals surface area contributed by atoms with Crippen LogP contribution in [-0.2, 0) is 0 Å². The quantitative estimate of drug-likeness (QED) is 0.776. The summed E-state index contributed by atoms with van der Waals surface area (Å²) >= 11 is 3.14. The Balaban J connectivity index is 2.07. The molecule has 0 amide bonds. The van der Waals surface area contributed by atoms with Crippen LogP contribution >= 0.6 is 23.3 Å². The molecule has 0 bridgehead atoms. The van der Waals surface area contributed by atoms with Crippen molar-refractivity contribution in [3.63, 3.8) is 0 Å². The number of Topliss-reactive ketones (excluding diaryl/α,β-unsaturated/α-hetero) is 1. The van der Waals surface area contributed by atoms with Gasteiger partial charge in [-0.1, -0.05) is 0 Å². The molecule has 1 aliphatic heterocycles. The van der Waals surface area contributed by atoms with E-state index in [4.69, 9.17) is 0 Å². The number of thioether (sulfide) groups is 1. The van der Waals surface area contributed by atoms with Crippen molar-refractivity contribution in [2.75, 3.05) is 18.1 Å². The third-order valence-corrected chi connectivity index (χ3v) is 4.07. The van der Waals surface area contributed by atoms with Crippen LogP contribution in [0.4, 0.5) is 0 Å². The average molecular weight is 228 g/mol. The lowest BCUT2D eigenvalue weighted by Crippen LogP contribution is -2.43. The summed E-state index contributed by atoms with van der Waals surface area (Å²) in [6.45, 7) is 2.84. The molecule has 2 rings (SSSR count). The Hall–Kier alpha value is -0.390. The van der Waals surface area contributed by atoms with E-state index in [-0.39, 0.29) is 11.8 Å². The second kappa shape index (κ2) is 4.42. The molecular weight excluding hydrogens is 216 g/mol. The summed E-state index contributed by atoms with van der Waals surface area (Å²) < 4.78 is 4.12. The first-order valence-corrected chi connectivity index (χ1v) is 6.49. The molecule has 1 saturated heterocycles. The van der Waals surface area contributed by atoms with Gasteiger partial charge in [0.15, 0.2) is 5.78 Å². The number of ketones is 1. The first kappa shape index (κ1) is 10.1. The summed E-state index contributed by atoms with van der Waals surface area (Å²) in [5.41, 5.74) is 0.932. The summed E-state index contributed by atoms with van der Waals surface area (Å²) in [5.74, 6) is 2.18. The Morgan fingerprint density at radius 3 is 3.14 bits per heavy atom. The van der Waals surface area contributed by atoms with Crippen LogP contribution in [0.15, 0.2) is 6.07 Å². The number of hydrogen-bond donors (Lipinski definition) is 1. The van der Waals surface area contributed by atoms with Crippen molar-refractivity contribution >= 4 is 29.1 Å². The molecule has 3 nitrogen and oxygen atoms in total. The Morgan fingerprint density at radius 2 is 2.57 bits per heavy atom. The molecule has 1 aromatic heterocycles. The zero-order valence-corrected chi connectivity index (χ0v) is 9.58. The van der Waals surface area contributed by atoms with Crippen molar-refractivity contribution in [3.05, 3.63) is 16.6 Å². The highest BCUT2D eigenvalue weighted by Crippen LogP contribution is 2.16. The summed E-state index contributed by atoms with van der Waals surface area (Å²) in [7, 11) is 0. The highest BCUT2D eigenvalue weighted by atomic mass is 32.2. The van der Waals surface area contributed by atoms with Crippen LogP contribution in [0.1, 0.15) is 15.4 Å². The van der Waals surface area contributed by atoms with Crippen LogP contribution in [0.5, 0.6) is 0 Å². The number of nitrogens with zero attached hydrogens (tertiary/aromatic N) is 1. The average Bonchev–Trinajstić information content (AvgIpc) is 2.65. The molecule has 1 N–H and O–H groups in total. The topological polar surface area (TPSA) is 42.0 Å². The Labute approximate surface area is 91.5 Å². The van der Waals surface area contributed by atoms with E-state index in [0.717, 1.165) is 28.6 Å². The molecule has 0 saturated carbocycles. The van der Waals surface area contributed by atoms with E-state index in [1.54, 1.807) is 0 Å². The normalized spacial score (nSPS) is 22.2. The number of nitrogens with one attached hydrogen (secondary N) is 1. The predicted molar refractivity (Wildman–Crippen MR) is 60.3 cm³/mol. The third kappa shape index (κ3) is 2.16. The van der Waals surface area contributed by atoms with Crippen LogP contribution in [-0.4, -0.2) is 34.2 Å². The van der Waals surface area contributed by atoms with Gasteiger partial charge < -0.3 is 5.32 Å². The molecule has 0 spiro atoms. The van der Waals surface area contributed by atoms with Crippen molar-refractivity contribution in [2.45, 2.75) is 13.0 Å². The lowest BCUT2D eigenvalue weighted by atomic mass is 10.1. The number of aryl methyl sites for hydroxylation is 1. The standard InChI is InChI=1S/C9H12N2OS2/c1-6-4-8(14-11-6)9(12)7-5-13-3-2-10-7/h4,7,10H,2-3,5H2,1H3. The molecule has 1 unspecified atom stereocenters. The summed E-state index contributed by atoms with van der Waals surface area (Å²) in [6, 6.07) is 1.86. The van der Waals surface area contributed by atoms with Crippen molar-refractivity contribution in [1.82, 2.24) is 9.69 Å². The second-order valence-electron chi connectivity index (χ2n) is 3.28. The van der Waals surface area contributed by atoms with Gasteiger partial charge in [-0.25, -0.2) is 0 Å². The van der Waals surface area contributed by atoms with Gasteiger partial charge in [0, 0.05) is 18.1 Å². The minimum atomic E-state index is -0.00593. The zero-order chi connectivity index (χ0) is 9.97. The molecular formula is C9H12N2OS2. The third-order valence-electron chi connectivity index (χ3n) is 2.11. The Bertz CT molecular complexity index is 331. The van der Waals surface area contributed by atoms with Gasteiger partial charge in [-0.15, -0.1) is 0 Å². The van der Waals surface area contributed by atoms with Crippen molar-refractivity contribution in [1.29, 1.82) is 0 Å². The van der Waals surface area contributed by atoms with Gasteiger partial charge in [0.25, 0.3) is 0 Å². The Kier molecular flexibility index (Phi) is 3.20. The maximum absolute atomic E-state index is 11.9. The minimum absolute atomic E-state index is 0.00593. The van der Waals surface area contributed by atoms with E-state index in [2.05, 4.69) is 9.69 Å². The molecule has 1 aromatic rings. The molecule has 14 heavy (non-hydrogen) atoms. The smallest absolute Gasteiger partial charge is 0.192 e. The van der Waals surface area contributed by atoms with Gasteiger partial charge in [0.2, 0.25) is 0 Å². The molecule has 0 radical (unpaired) electrons. The van der Waals surface area contributed by atoms with E-state index in [9.17, 15) is 4.79 Å². The van der Waals surface area contributed by atoms with Gasteiger partial charge in [-0.05, 0) is 24.5 Å². The van der Waals surface area contributed by atoms with Gasteiger partial charge in [-0.2, -0.15) is 16.1 Å². The molecule has 1 atom stereocenters. The van der Waals surface area contributed by atoms with Gasteiger partial charge >= 0.3 is 0 Å². The van der Waals surface area contributed by atoms with Crippen LogP contribution in [0.25, 0.3) is 0 Å². The molecule has 2 heterocycles. The molecule has 1 aliphatic rings. The minimum Gasteiger partial charge on any atom is -0.306 e. The first-order chi connectivity index (χ1) is 6.77.